The largest absolute Gasteiger partial charge is 0.369 e. The fourth-order valence-electron chi connectivity index (χ4n) is 4.32. The summed E-state index contributed by atoms with van der Waals surface area (Å²) in [7, 11) is 1.60. The van der Waals surface area contributed by atoms with Crippen molar-refractivity contribution in [1.29, 1.82) is 0 Å². The maximum Gasteiger partial charge on any atom is 0.321 e. The number of rotatable bonds is 8. The third-order valence-electron chi connectivity index (χ3n) is 6.12. The molecule has 0 atom stereocenters. The standard InChI is InChI=1S/C22H33N5O3/c1-23-22(30)27(8-3-15-28)21-5-2-4-20(16-21)26-13-11-24(12-14-26)17-19-6-9-25(18-29)10-7-19/h2,4-5,15-16,18-19H,3,6-14,17H2,1H3,(H,23,30). The van der Waals surface area contributed by atoms with E-state index in [-0.39, 0.29) is 6.03 Å². The molecule has 1 aromatic rings. The van der Waals surface area contributed by atoms with E-state index in [1.807, 2.05) is 23.1 Å². The number of piperazine rings is 1. The smallest absolute Gasteiger partial charge is 0.321 e. The Bertz CT molecular complexity index is 712. The van der Waals surface area contributed by atoms with Gasteiger partial charge in [-0.3, -0.25) is 14.6 Å². The molecule has 0 aliphatic carbocycles. The van der Waals surface area contributed by atoms with Crippen LogP contribution in [-0.4, -0.2) is 87.9 Å². The molecule has 8 nitrogen and oxygen atoms in total. The molecule has 2 fully saturated rings. The molecule has 2 aliphatic rings. The van der Waals surface area contributed by atoms with Gasteiger partial charge in [-0.2, -0.15) is 0 Å². The molecule has 2 aliphatic heterocycles. The highest BCUT2D eigenvalue weighted by Gasteiger charge is 2.24. The van der Waals surface area contributed by atoms with Crippen LogP contribution in [0.5, 0.6) is 0 Å². The molecule has 0 aromatic heterocycles. The lowest BCUT2D eigenvalue weighted by Crippen LogP contribution is -2.49. The summed E-state index contributed by atoms with van der Waals surface area (Å²) >= 11 is 0. The van der Waals surface area contributed by atoms with Crippen LogP contribution in [0, 0.1) is 5.92 Å². The summed E-state index contributed by atoms with van der Waals surface area (Å²) in [5, 5.41) is 2.65. The Labute approximate surface area is 178 Å². The Kier molecular flexibility index (Phi) is 8.07. The zero-order valence-electron chi connectivity index (χ0n) is 17.8. The number of urea groups is 1. The van der Waals surface area contributed by atoms with Crippen molar-refractivity contribution < 1.29 is 14.4 Å². The highest BCUT2D eigenvalue weighted by atomic mass is 16.2. The van der Waals surface area contributed by atoms with E-state index in [2.05, 4.69) is 21.2 Å². The molecule has 0 spiro atoms. The molecule has 0 saturated carbocycles. The summed E-state index contributed by atoms with van der Waals surface area (Å²) in [4.78, 5) is 42.3. The predicted molar refractivity (Wildman–Crippen MR) is 118 cm³/mol. The Morgan fingerprint density at radius 3 is 2.50 bits per heavy atom. The predicted octanol–water partition coefficient (Wildman–Crippen LogP) is 1.41. The van der Waals surface area contributed by atoms with Crippen LogP contribution in [-0.2, 0) is 9.59 Å². The molecule has 0 bridgehead atoms. The average molecular weight is 416 g/mol. The first-order valence-corrected chi connectivity index (χ1v) is 10.8. The number of likely N-dealkylation sites (tertiary alicyclic amines) is 1. The van der Waals surface area contributed by atoms with Crippen molar-refractivity contribution in [2.45, 2.75) is 19.3 Å². The highest BCUT2D eigenvalue weighted by Crippen LogP contribution is 2.25. The number of hydrogen-bond acceptors (Lipinski definition) is 5. The lowest BCUT2D eigenvalue weighted by Gasteiger charge is -2.39. The molecule has 3 amide bonds. The molecular weight excluding hydrogens is 382 g/mol. The zero-order valence-corrected chi connectivity index (χ0v) is 17.8. The topological polar surface area (TPSA) is 76.2 Å². The first-order valence-electron chi connectivity index (χ1n) is 10.8. The van der Waals surface area contributed by atoms with E-state index < -0.39 is 0 Å². The van der Waals surface area contributed by atoms with Gasteiger partial charge >= 0.3 is 6.03 Å². The van der Waals surface area contributed by atoms with Crippen LogP contribution >= 0.6 is 0 Å². The highest BCUT2D eigenvalue weighted by molar-refractivity contribution is 5.92. The minimum atomic E-state index is -0.209. The minimum Gasteiger partial charge on any atom is -0.369 e. The Morgan fingerprint density at radius 2 is 1.87 bits per heavy atom. The normalized spacial score (nSPS) is 18.2. The second-order valence-corrected chi connectivity index (χ2v) is 8.05. The van der Waals surface area contributed by atoms with Crippen LogP contribution in [0.15, 0.2) is 24.3 Å². The molecule has 164 valence electrons. The minimum absolute atomic E-state index is 0.209. The van der Waals surface area contributed by atoms with Crippen molar-refractivity contribution in [2.75, 3.05) is 69.2 Å². The van der Waals surface area contributed by atoms with E-state index in [1.165, 1.54) is 0 Å². The van der Waals surface area contributed by atoms with Gasteiger partial charge in [0.2, 0.25) is 6.41 Å². The molecular formula is C22H33N5O3. The first-order chi connectivity index (χ1) is 14.6. The van der Waals surface area contributed by atoms with E-state index in [1.54, 1.807) is 11.9 Å². The van der Waals surface area contributed by atoms with E-state index >= 15 is 0 Å². The molecule has 1 aromatic carbocycles. The van der Waals surface area contributed by atoms with Crippen molar-refractivity contribution in [3.8, 4) is 0 Å². The van der Waals surface area contributed by atoms with Crippen LogP contribution in [0.4, 0.5) is 16.2 Å². The lowest BCUT2D eigenvalue weighted by atomic mass is 9.96. The van der Waals surface area contributed by atoms with Crippen molar-refractivity contribution in [3.05, 3.63) is 24.3 Å². The summed E-state index contributed by atoms with van der Waals surface area (Å²) in [6.07, 6.45) is 4.30. The van der Waals surface area contributed by atoms with Crippen LogP contribution in [0.3, 0.4) is 0 Å². The van der Waals surface area contributed by atoms with Crippen LogP contribution in [0.2, 0.25) is 0 Å². The molecule has 3 rings (SSSR count). The van der Waals surface area contributed by atoms with E-state index in [4.69, 9.17) is 0 Å². The Hall–Kier alpha value is -2.61. The van der Waals surface area contributed by atoms with Crippen LogP contribution < -0.4 is 15.1 Å². The Morgan fingerprint density at radius 1 is 1.13 bits per heavy atom. The average Bonchev–Trinajstić information content (AvgIpc) is 2.80. The Balaban J connectivity index is 1.55. The van der Waals surface area contributed by atoms with E-state index in [0.29, 0.717) is 18.9 Å². The summed E-state index contributed by atoms with van der Waals surface area (Å²) in [5.74, 6) is 0.676. The lowest BCUT2D eigenvalue weighted by molar-refractivity contribution is -0.119. The van der Waals surface area contributed by atoms with Gasteiger partial charge in [-0.1, -0.05) is 6.07 Å². The number of nitrogens with zero attached hydrogens (tertiary/aromatic N) is 4. The number of anilines is 2. The molecule has 30 heavy (non-hydrogen) atoms. The quantitative estimate of drug-likeness (QED) is 0.650. The van der Waals surface area contributed by atoms with Crippen molar-refractivity contribution in [1.82, 2.24) is 15.1 Å². The first kappa shape index (κ1) is 22.1. The van der Waals surface area contributed by atoms with Gasteiger partial charge in [0.15, 0.2) is 0 Å². The molecule has 1 N–H and O–H groups in total. The van der Waals surface area contributed by atoms with Gasteiger partial charge in [-0.05, 0) is 37.0 Å². The molecule has 0 unspecified atom stereocenters. The van der Waals surface area contributed by atoms with Crippen LogP contribution in [0.25, 0.3) is 0 Å². The third kappa shape index (κ3) is 5.72. The van der Waals surface area contributed by atoms with Crippen molar-refractivity contribution >= 4 is 30.1 Å². The van der Waals surface area contributed by atoms with Crippen molar-refractivity contribution in [3.63, 3.8) is 0 Å². The van der Waals surface area contributed by atoms with E-state index in [0.717, 1.165) is 82.7 Å². The number of hydrogen-bond donors (Lipinski definition) is 1. The zero-order chi connectivity index (χ0) is 21.3. The maximum absolute atomic E-state index is 12.2. The third-order valence-corrected chi connectivity index (χ3v) is 6.12. The second-order valence-electron chi connectivity index (χ2n) is 8.05. The van der Waals surface area contributed by atoms with Gasteiger partial charge in [0, 0.05) is 77.2 Å². The molecule has 8 heteroatoms. The van der Waals surface area contributed by atoms with Gasteiger partial charge in [-0.15, -0.1) is 0 Å². The van der Waals surface area contributed by atoms with Crippen molar-refractivity contribution in [2.24, 2.45) is 5.92 Å². The number of piperidine rings is 1. The van der Waals surface area contributed by atoms with E-state index in [9.17, 15) is 14.4 Å². The fourth-order valence-corrected chi connectivity index (χ4v) is 4.32. The number of amides is 3. The number of benzene rings is 1. The van der Waals surface area contributed by atoms with Crippen LogP contribution in [0.1, 0.15) is 19.3 Å². The summed E-state index contributed by atoms with van der Waals surface area (Å²) in [6.45, 7) is 7.17. The number of carbonyl (C=O) groups excluding carboxylic acids is 3. The molecule has 2 heterocycles. The summed E-state index contributed by atoms with van der Waals surface area (Å²) in [6, 6.07) is 7.78. The van der Waals surface area contributed by atoms with Gasteiger partial charge < -0.3 is 19.9 Å². The van der Waals surface area contributed by atoms with Gasteiger partial charge in [0.25, 0.3) is 0 Å². The summed E-state index contributed by atoms with van der Waals surface area (Å²) < 4.78 is 0. The second kappa shape index (κ2) is 11.0. The monoisotopic (exact) mass is 415 g/mol. The molecule has 0 radical (unpaired) electrons. The summed E-state index contributed by atoms with van der Waals surface area (Å²) in [5.41, 5.74) is 1.91. The number of aldehydes is 1. The SMILES string of the molecule is CNC(=O)N(CCC=O)c1cccc(N2CCN(CC3CCN(C=O)CC3)CC2)c1. The van der Waals surface area contributed by atoms with Gasteiger partial charge in [0.1, 0.15) is 6.29 Å². The molecule has 2 saturated heterocycles. The maximum atomic E-state index is 12.2. The number of nitrogens with one attached hydrogen (secondary N) is 1. The van der Waals surface area contributed by atoms with Gasteiger partial charge in [-0.25, -0.2) is 4.79 Å². The number of carbonyl (C=O) groups is 3. The fraction of sp³-hybridized carbons (Fsp3) is 0.591. The van der Waals surface area contributed by atoms with Gasteiger partial charge in [0.05, 0.1) is 0 Å².